The summed E-state index contributed by atoms with van der Waals surface area (Å²) in [5.41, 5.74) is 4.05. The Kier molecular flexibility index (Phi) is 2.83. The second kappa shape index (κ2) is 4.16. The van der Waals surface area contributed by atoms with Gasteiger partial charge in [0.25, 0.3) is 5.91 Å². The number of nitrogens with one attached hydrogen (secondary N) is 1. The van der Waals surface area contributed by atoms with Crippen molar-refractivity contribution < 1.29 is 4.79 Å². The normalized spacial score (nSPS) is 10.8. The third-order valence-corrected chi connectivity index (χ3v) is 3.02. The van der Waals surface area contributed by atoms with E-state index >= 15 is 0 Å². The zero-order valence-electron chi connectivity index (χ0n) is 10.5. The molecule has 0 bridgehead atoms. The zero-order chi connectivity index (χ0) is 12.6. The van der Waals surface area contributed by atoms with Crippen LogP contribution in [0, 0.1) is 20.8 Å². The zero-order valence-corrected chi connectivity index (χ0v) is 10.5. The molecule has 0 aromatic carbocycles. The van der Waals surface area contributed by atoms with E-state index in [1.807, 2.05) is 27.7 Å². The second-order valence-corrected chi connectivity index (χ2v) is 4.07. The monoisotopic (exact) mass is 232 g/mol. The minimum Gasteiger partial charge on any atom is -0.350 e. The summed E-state index contributed by atoms with van der Waals surface area (Å²) in [6.07, 6.45) is 1.69. The molecule has 0 spiro atoms. The lowest BCUT2D eigenvalue weighted by Crippen LogP contribution is -2.25. The van der Waals surface area contributed by atoms with E-state index in [1.165, 1.54) is 0 Å². The Morgan fingerprint density at radius 1 is 1.35 bits per heavy atom. The van der Waals surface area contributed by atoms with Crippen molar-refractivity contribution in [1.82, 2.24) is 19.9 Å². The maximum Gasteiger partial charge on any atom is 0.289 e. The van der Waals surface area contributed by atoms with Gasteiger partial charge in [-0.3, -0.25) is 4.79 Å². The van der Waals surface area contributed by atoms with Crippen LogP contribution >= 0.6 is 0 Å². The number of carbonyl (C=O) groups excluding carboxylic acids is 1. The maximum absolute atomic E-state index is 11.8. The van der Waals surface area contributed by atoms with Gasteiger partial charge >= 0.3 is 0 Å². The Labute approximate surface area is 99.9 Å². The molecule has 1 N–H and O–H groups in total. The molecule has 17 heavy (non-hydrogen) atoms. The van der Waals surface area contributed by atoms with Crippen LogP contribution in [-0.4, -0.2) is 27.0 Å². The first kappa shape index (κ1) is 11.6. The van der Waals surface area contributed by atoms with Crippen LogP contribution in [0.15, 0.2) is 6.20 Å². The lowest BCUT2D eigenvalue weighted by Gasteiger charge is -2.07. The van der Waals surface area contributed by atoms with Crippen molar-refractivity contribution in [2.45, 2.75) is 27.7 Å². The summed E-state index contributed by atoms with van der Waals surface area (Å²) in [5.74, 6) is 0.149. The number of rotatable bonds is 2. The number of hydrogen-bond acceptors (Lipinski definition) is 3. The van der Waals surface area contributed by atoms with E-state index in [0.29, 0.717) is 12.4 Å². The van der Waals surface area contributed by atoms with Gasteiger partial charge in [0.1, 0.15) is 0 Å². The van der Waals surface area contributed by atoms with E-state index in [-0.39, 0.29) is 5.91 Å². The molecule has 0 aliphatic rings. The first-order valence-corrected chi connectivity index (χ1v) is 5.66. The standard InChI is InChI=1S/C12H16N4O/c1-5-13-12(17)11-14-6-10-8(3)7(2)9(4)15-16(10)11/h6H,5H2,1-4H3,(H,13,17). The Bertz CT molecular complexity index is 586. The molecule has 0 atom stereocenters. The van der Waals surface area contributed by atoms with Gasteiger partial charge in [0.15, 0.2) is 0 Å². The number of aryl methyl sites for hydroxylation is 2. The molecule has 5 heteroatoms. The highest BCUT2D eigenvalue weighted by Crippen LogP contribution is 2.17. The van der Waals surface area contributed by atoms with Crippen molar-refractivity contribution in [3.05, 3.63) is 28.8 Å². The molecule has 2 heterocycles. The molecular formula is C12H16N4O. The molecule has 0 fully saturated rings. The van der Waals surface area contributed by atoms with Crippen molar-refractivity contribution in [2.24, 2.45) is 0 Å². The fourth-order valence-electron chi connectivity index (χ4n) is 1.79. The van der Waals surface area contributed by atoms with E-state index in [0.717, 1.165) is 22.3 Å². The third kappa shape index (κ3) is 1.77. The smallest absolute Gasteiger partial charge is 0.289 e. The molecule has 2 aromatic rings. The minimum atomic E-state index is -0.192. The molecule has 0 unspecified atom stereocenters. The Morgan fingerprint density at radius 3 is 2.71 bits per heavy atom. The van der Waals surface area contributed by atoms with Gasteiger partial charge in [-0.05, 0) is 38.8 Å². The highest BCUT2D eigenvalue weighted by atomic mass is 16.2. The van der Waals surface area contributed by atoms with Gasteiger partial charge < -0.3 is 5.32 Å². The van der Waals surface area contributed by atoms with Gasteiger partial charge in [0.2, 0.25) is 5.82 Å². The molecule has 0 aliphatic carbocycles. The van der Waals surface area contributed by atoms with Crippen LogP contribution < -0.4 is 5.32 Å². The Balaban J connectivity index is 2.65. The van der Waals surface area contributed by atoms with E-state index < -0.39 is 0 Å². The number of carbonyl (C=O) groups is 1. The number of aromatic nitrogens is 3. The quantitative estimate of drug-likeness (QED) is 0.851. The molecule has 2 aromatic heterocycles. The van der Waals surface area contributed by atoms with Crippen LogP contribution in [0.4, 0.5) is 0 Å². The second-order valence-electron chi connectivity index (χ2n) is 4.07. The fourth-order valence-corrected chi connectivity index (χ4v) is 1.79. The topological polar surface area (TPSA) is 59.3 Å². The highest BCUT2D eigenvalue weighted by Gasteiger charge is 2.15. The summed E-state index contributed by atoms with van der Waals surface area (Å²) in [4.78, 5) is 15.9. The van der Waals surface area contributed by atoms with Gasteiger partial charge in [-0.25, -0.2) is 9.50 Å². The van der Waals surface area contributed by atoms with Crippen molar-refractivity contribution in [2.75, 3.05) is 6.54 Å². The molecule has 0 saturated heterocycles. The molecule has 5 nitrogen and oxygen atoms in total. The van der Waals surface area contributed by atoms with E-state index in [2.05, 4.69) is 15.4 Å². The number of fused-ring (bicyclic) bond motifs is 1. The number of amides is 1. The van der Waals surface area contributed by atoms with Crippen molar-refractivity contribution in [3.8, 4) is 0 Å². The molecule has 0 saturated carbocycles. The average molecular weight is 232 g/mol. The van der Waals surface area contributed by atoms with E-state index in [1.54, 1.807) is 10.7 Å². The Hall–Kier alpha value is -1.91. The van der Waals surface area contributed by atoms with Crippen molar-refractivity contribution in [1.29, 1.82) is 0 Å². The van der Waals surface area contributed by atoms with E-state index in [4.69, 9.17) is 0 Å². The predicted molar refractivity (Wildman–Crippen MR) is 65.2 cm³/mol. The first-order chi connectivity index (χ1) is 8.06. The van der Waals surface area contributed by atoms with Crippen LogP contribution in [-0.2, 0) is 0 Å². The third-order valence-electron chi connectivity index (χ3n) is 3.02. The molecule has 1 amide bonds. The van der Waals surface area contributed by atoms with E-state index in [9.17, 15) is 4.79 Å². The summed E-state index contributed by atoms with van der Waals surface area (Å²) in [5, 5.41) is 7.12. The SMILES string of the molecule is CCNC(=O)c1ncc2c(C)c(C)c(C)nn12. The number of nitrogens with zero attached hydrogens (tertiary/aromatic N) is 3. The van der Waals surface area contributed by atoms with Crippen LogP contribution in [0.5, 0.6) is 0 Å². The first-order valence-electron chi connectivity index (χ1n) is 5.66. The van der Waals surface area contributed by atoms with Gasteiger partial charge in [0, 0.05) is 6.54 Å². The van der Waals surface area contributed by atoms with Gasteiger partial charge in [0.05, 0.1) is 17.4 Å². The summed E-state index contributed by atoms with van der Waals surface area (Å²) >= 11 is 0. The van der Waals surface area contributed by atoms with Crippen LogP contribution in [0.1, 0.15) is 34.4 Å². The van der Waals surface area contributed by atoms with Crippen LogP contribution in [0.3, 0.4) is 0 Å². The number of imidazole rings is 1. The van der Waals surface area contributed by atoms with Gasteiger partial charge in [-0.2, -0.15) is 5.10 Å². The fraction of sp³-hybridized carbons (Fsp3) is 0.417. The molecule has 90 valence electrons. The lowest BCUT2D eigenvalue weighted by atomic mass is 10.1. The predicted octanol–water partition coefficient (Wildman–Crippen LogP) is 1.40. The maximum atomic E-state index is 11.8. The summed E-state index contributed by atoms with van der Waals surface area (Å²) in [7, 11) is 0. The number of hydrogen-bond donors (Lipinski definition) is 1. The van der Waals surface area contributed by atoms with Crippen molar-refractivity contribution >= 4 is 11.4 Å². The summed E-state index contributed by atoms with van der Waals surface area (Å²) in [6.45, 7) is 8.43. The van der Waals surface area contributed by atoms with Crippen LogP contribution in [0.25, 0.3) is 5.52 Å². The molecule has 0 radical (unpaired) electrons. The molecule has 2 rings (SSSR count). The summed E-state index contributed by atoms with van der Waals surface area (Å²) in [6, 6.07) is 0. The summed E-state index contributed by atoms with van der Waals surface area (Å²) < 4.78 is 1.61. The lowest BCUT2D eigenvalue weighted by molar-refractivity contribution is 0.0943. The average Bonchev–Trinajstić information content (AvgIpc) is 2.70. The molecular weight excluding hydrogens is 216 g/mol. The molecule has 0 aliphatic heterocycles. The van der Waals surface area contributed by atoms with Gasteiger partial charge in [-0.1, -0.05) is 0 Å². The Morgan fingerprint density at radius 2 is 2.06 bits per heavy atom. The van der Waals surface area contributed by atoms with Gasteiger partial charge in [-0.15, -0.1) is 0 Å². The van der Waals surface area contributed by atoms with Crippen LogP contribution in [0.2, 0.25) is 0 Å². The highest BCUT2D eigenvalue weighted by molar-refractivity contribution is 5.91. The van der Waals surface area contributed by atoms with Crippen molar-refractivity contribution in [3.63, 3.8) is 0 Å². The largest absolute Gasteiger partial charge is 0.350 e. The minimum absolute atomic E-state index is 0.192.